The lowest BCUT2D eigenvalue weighted by molar-refractivity contribution is 0.748. The van der Waals surface area contributed by atoms with Gasteiger partial charge in [0.25, 0.3) is 0 Å². The van der Waals surface area contributed by atoms with Crippen LogP contribution in [0.3, 0.4) is 0 Å². The molecule has 0 aliphatic carbocycles. The van der Waals surface area contributed by atoms with Crippen LogP contribution in [0.1, 0.15) is 18.4 Å². The minimum absolute atomic E-state index is 0.741. The van der Waals surface area contributed by atoms with Gasteiger partial charge in [-0.1, -0.05) is 48.5 Å². The highest BCUT2D eigenvalue weighted by molar-refractivity contribution is 5.94. The molecule has 4 aromatic rings. The SMILES string of the molecule is CN(C)c1ccc(-c2[nH]c3ccc(-c4ccccc4)cc3c2CCCCN)cc1. The molecule has 0 saturated heterocycles. The predicted molar refractivity (Wildman–Crippen MR) is 125 cm³/mol. The molecule has 4 rings (SSSR count). The summed E-state index contributed by atoms with van der Waals surface area (Å²) in [5.74, 6) is 0. The average molecular weight is 384 g/mol. The zero-order valence-electron chi connectivity index (χ0n) is 17.3. The van der Waals surface area contributed by atoms with Crippen LogP contribution in [-0.4, -0.2) is 25.6 Å². The quantitative estimate of drug-likeness (QED) is 0.393. The van der Waals surface area contributed by atoms with Crippen molar-refractivity contribution in [1.29, 1.82) is 0 Å². The number of hydrogen-bond acceptors (Lipinski definition) is 2. The molecule has 0 fully saturated rings. The van der Waals surface area contributed by atoms with E-state index >= 15 is 0 Å². The van der Waals surface area contributed by atoms with Crippen molar-refractivity contribution in [2.75, 3.05) is 25.5 Å². The number of nitrogens with two attached hydrogens (primary N) is 1. The molecule has 1 heterocycles. The van der Waals surface area contributed by atoms with Crippen molar-refractivity contribution < 1.29 is 0 Å². The van der Waals surface area contributed by atoms with Crippen LogP contribution in [0.15, 0.2) is 72.8 Å². The van der Waals surface area contributed by atoms with Crippen LogP contribution in [-0.2, 0) is 6.42 Å². The summed E-state index contributed by atoms with van der Waals surface area (Å²) in [6.07, 6.45) is 3.17. The van der Waals surface area contributed by atoms with Gasteiger partial charge in [-0.05, 0) is 72.3 Å². The average Bonchev–Trinajstić information content (AvgIpc) is 3.12. The van der Waals surface area contributed by atoms with Crippen molar-refractivity contribution in [1.82, 2.24) is 4.98 Å². The van der Waals surface area contributed by atoms with E-state index in [4.69, 9.17) is 5.73 Å². The third-order valence-corrected chi connectivity index (χ3v) is 5.57. The minimum Gasteiger partial charge on any atom is -0.378 e. The number of unbranched alkanes of at least 4 members (excludes halogenated alkanes) is 1. The van der Waals surface area contributed by atoms with Gasteiger partial charge in [0, 0.05) is 36.4 Å². The molecule has 0 spiro atoms. The van der Waals surface area contributed by atoms with Gasteiger partial charge < -0.3 is 15.6 Å². The molecule has 0 aliphatic rings. The summed E-state index contributed by atoms with van der Waals surface area (Å²) in [6.45, 7) is 0.741. The van der Waals surface area contributed by atoms with E-state index in [0.29, 0.717) is 0 Å². The first kappa shape index (κ1) is 19.3. The van der Waals surface area contributed by atoms with E-state index < -0.39 is 0 Å². The van der Waals surface area contributed by atoms with Crippen LogP contribution in [0, 0.1) is 0 Å². The lowest BCUT2D eigenvalue weighted by atomic mass is 9.97. The number of aryl methyl sites for hydroxylation is 1. The summed E-state index contributed by atoms with van der Waals surface area (Å²) in [7, 11) is 4.14. The third kappa shape index (κ3) is 4.06. The lowest BCUT2D eigenvalue weighted by Crippen LogP contribution is -2.07. The number of benzene rings is 3. The third-order valence-electron chi connectivity index (χ3n) is 5.57. The summed E-state index contributed by atoms with van der Waals surface area (Å²) < 4.78 is 0. The molecular weight excluding hydrogens is 354 g/mol. The molecule has 148 valence electrons. The molecule has 0 atom stereocenters. The number of hydrogen-bond donors (Lipinski definition) is 2. The van der Waals surface area contributed by atoms with Crippen LogP contribution in [0.25, 0.3) is 33.3 Å². The van der Waals surface area contributed by atoms with Crippen LogP contribution >= 0.6 is 0 Å². The normalized spacial score (nSPS) is 11.1. The zero-order valence-corrected chi connectivity index (χ0v) is 17.3. The van der Waals surface area contributed by atoms with Crippen LogP contribution < -0.4 is 10.6 Å². The maximum atomic E-state index is 5.76. The first-order valence-electron chi connectivity index (χ1n) is 10.3. The number of aromatic nitrogens is 1. The molecule has 0 amide bonds. The Hall–Kier alpha value is -3.04. The number of H-pyrrole nitrogens is 1. The summed E-state index contributed by atoms with van der Waals surface area (Å²) in [5, 5.41) is 1.31. The Morgan fingerprint density at radius 2 is 1.52 bits per heavy atom. The largest absolute Gasteiger partial charge is 0.378 e. The number of nitrogens with one attached hydrogen (secondary N) is 1. The molecular formula is C26H29N3. The maximum absolute atomic E-state index is 5.76. The smallest absolute Gasteiger partial charge is 0.0497 e. The van der Waals surface area contributed by atoms with Crippen molar-refractivity contribution in [3.63, 3.8) is 0 Å². The fourth-order valence-electron chi connectivity index (χ4n) is 3.94. The van der Waals surface area contributed by atoms with Gasteiger partial charge >= 0.3 is 0 Å². The van der Waals surface area contributed by atoms with Gasteiger partial charge in [0.05, 0.1) is 0 Å². The van der Waals surface area contributed by atoms with Crippen LogP contribution in [0.4, 0.5) is 5.69 Å². The predicted octanol–water partition coefficient (Wildman–Crippen LogP) is 5.85. The molecule has 0 saturated carbocycles. The monoisotopic (exact) mass is 383 g/mol. The van der Waals surface area contributed by atoms with E-state index in [1.54, 1.807) is 0 Å². The van der Waals surface area contributed by atoms with Crippen molar-refractivity contribution in [2.24, 2.45) is 5.73 Å². The van der Waals surface area contributed by atoms with E-state index in [1.807, 2.05) is 0 Å². The second kappa shape index (κ2) is 8.54. The van der Waals surface area contributed by atoms with Gasteiger partial charge in [0.2, 0.25) is 0 Å². The van der Waals surface area contributed by atoms with E-state index in [0.717, 1.165) is 25.8 Å². The zero-order chi connectivity index (χ0) is 20.2. The number of aromatic amines is 1. The van der Waals surface area contributed by atoms with Gasteiger partial charge in [0.1, 0.15) is 0 Å². The van der Waals surface area contributed by atoms with Gasteiger partial charge in [0.15, 0.2) is 0 Å². The summed E-state index contributed by atoms with van der Waals surface area (Å²) in [4.78, 5) is 5.82. The Balaban J connectivity index is 1.81. The fraction of sp³-hybridized carbons (Fsp3) is 0.231. The van der Waals surface area contributed by atoms with E-state index in [9.17, 15) is 0 Å². The summed E-state index contributed by atoms with van der Waals surface area (Å²) in [6, 6.07) is 26.1. The first-order valence-corrected chi connectivity index (χ1v) is 10.3. The fourth-order valence-corrected chi connectivity index (χ4v) is 3.94. The maximum Gasteiger partial charge on any atom is 0.0497 e. The van der Waals surface area contributed by atoms with Crippen molar-refractivity contribution in [3.8, 4) is 22.4 Å². The number of rotatable bonds is 7. The minimum atomic E-state index is 0.741. The molecule has 0 bridgehead atoms. The molecule has 3 heteroatoms. The van der Waals surface area contributed by atoms with Crippen molar-refractivity contribution in [3.05, 3.63) is 78.4 Å². The molecule has 0 radical (unpaired) electrons. The second-order valence-electron chi connectivity index (χ2n) is 7.79. The highest BCUT2D eigenvalue weighted by atomic mass is 15.1. The van der Waals surface area contributed by atoms with Crippen molar-refractivity contribution >= 4 is 16.6 Å². The van der Waals surface area contributed by atoms with Crippen molar-refractivity contribution in [2.45, 2.75) is 19.3 Å². The Kier molecular flexibility index (Phi) is 5.68. The lowest BCUT2D eigenvalue weighted by Gasteiger charge is -2.13. The highest BCUT2D eigenvalue weighted by Gasteiger charge is 2.14. The standard InChI is InChI=1S/C26H29N3/c1-29(2)22-14-11-20(12-15-22)26-23(10-6-7-17-27)24-18-21(13-16-25(24)28-26)19-8-4-3-5-9-19/h3-5,8-9,11-16,18,28H,6-7,10,17,27H2,1-2H3. The Labute approximate surface area is 173 Å². The highest BCUT2D eigenvalue weighted by Crippen LogP contribution is 2.34. The van der Waals surface area contributed by atoms with Crippen LogP contribution in [0.2, 0.25) is 0 Å². The Bertz CT molecular complexity index is 1080. The number of anilines is 1. The molecule has 1 aromatic heterocycles. The first-order chi connectivity index (χ1) is 14.2. The molecule has 3 N–H and O–H groups in total. The number of fused-ring (bicyclic) bond motifs is 1. The van der Waals surface area contributed by atoms with Gasteiger partial charge in [-0.3, -0.25) is 0 Å². The van der Waals surface area contributed by atoms with E-state index in [2.05, 4.69) is 96.8 Å². The Morgan fingerprint density at radius 3 is 2.21 bits per heavy atom. The molecule has 0 aliphatic heterocycles. The van der Waals surface area contributed by atoms with E-state index in [-0.39, 0.29) is 0 Å². The second-order valence-corrected chi connectivity index (χ2v) is 7.79. The topological polar surface area (TPSA) is 45.0 Å². The van der Waals surface area contributed by atoms with E-state index in [1.165, 1.54) is 44.5 Å². The van der Waals surface area contributed by atoms with Crippen LogP contribution in [0.5, 0.6) is 0 Å². The molecule has 3 nitrogen and oxygen atoms in total. The molecule has 3 aromatic carbocycles. The van der Waals surface area contributed by atoms with Gasteiger partial charge in [-0.25, -0.2) is 0 Å². The summed E-state index contributed by atoms with van der Waals surface area (Å²) >= 11 is 0. The molecule has 29 heavy (non-hydrogen) atoms. The van der Waals surface area contributed by atoms with Gasteiger partial charge in [-0.15, -0.1) is 0 Å². The summed E-state index contributed by atoms with van der Waals surface area (Å²) in [5.41, 5.74) is 14.5. The van der Waals surface area contributed by atoms with Gasteiger partial charge in [-0.2, -0.15) is 0 Å². The molecule has 0 unspecified atom stereocenters. The Morgan fingerprint density at radius 1 is 0.793 bits per heavy atom. The number of nitrogens with zero attached hydrogens (tertiary/aromatic N) is 1.